The highest BCUT2D eigenvalue weighted by molar-refractivity contribution is 14.1. The van der Waals surface area contributed by atoms with E-state index in [4.69, 9.17) is 4.74 Å². The second-order valence-corrected chi connectivity index (χ2v) is 5.16. The zero-order valence-corrected chi connectivity index (χ0v) is 12.3. The van der Waals surface area contributed by atoms with Crippen LogP contribution in [-0.4, -0.2) is 5.11 Å². The largest absolute Gasteiger partial charge is 0.507 e. The molecule has 0 bridgehead atoms. The number of phenols is 1. The van der Waals surface area contributed by atoms with E-state index in [1.165, 1.54) is 0 Å². The molecule has 0 aromatic heterocycles. The van der Waals surface area contributed by atoms with E-state index >= 15 is 0 Å². The lowest BCUT2D eigenvalue weighted by molar-refractivity contribution is -0.137. The fourth-order valence-corrected chi connectivity index (χ4v) is 2.05. The fourth-order valence-electron chi connectivity index (χ4n) is 1.59. The Morgan fingerprint density at radius 2 is 1.75 bits per heavy atom. The molecule has 2 aromatic rings. The quantitative estimate of drug-likeness (QED) is 0.772. The van der Waals surface area contributed by atoms with Gasteiger partial charge in [-0.3, -0.25) is 0 Å². The molecule has 0 radical (unpaired) electrons. The third-order valence-electron chi connectivity index (χ3n) is 2.58. The van der Waals surface area contributed by atoms with Gasteiger partial charge in [0.25, 0.3) is 0 Å². The molecular weight excluding hydrogens is 384 g/mol. The molecule has 2 aromatic carbocycles. The first-order chi connectivity index (χ1) is 9.38. The van der Waals surface area contributed by atoms with Crippen LogP contribution in [0.25, 0.3) is 0 Å². The molecule has 0 heterocycles. The van der Waals surface area contributed by atoms with Crippen molar-refractivity contribution in [2.24, 2.45) is 0 Å². The van der Waals surface area contributed by atoms with Gasteiger partial charge in [-0.1, -0.05) is 30.3 Å². The van der Waals surface area contributed by atoms with Crippen molar-refractivity contribution in [1.29, 1.82) is 0 Å². The Morgan fingerprint density at radius 1 is 1.10 bits per heavy atom. The number of benzene rings is 2. The molecule has 2 rings (SSSR count). The Kier molecular flexibility index (Phi) is 4.42. The van der Waals surface area contributed by atoms with Crippen molar-refractivity contribution in [2.75, 3.05) is 0 Å². The minimum atomic E-state index is -4.52. The SMILES string of the molecule is Oc1cc(C(F)(F)F)cc(OCc2ccccc2)c1I. The van der Waals surface area contributed by atoms with Crippen molar-refractivity contribution < 1.29 is 23.0 Å². The third-order valence-corrected chi connectivity index (χ3v) is 3.67. The zero-order valence-electron chi connectivity index (χ0n) is 10.1. The summed E-state index contributed by atoms with van der Waals surface area (Å²) in [6.07, 6.45) is -4.52. The molecule has 0 aliphatic rings. The number of halogens is 4. The Hall–Kier alpha value is -1.44. The van der Waals surface area contributed by atoms with Crippen molar-refractivity contribution in [3.05, 3.63) is 57.2 Å². The summed E-state index contributed by atoms with van der Waals surface area (Å²) in [5.41, 5.74) is -0.0984. The molecular formula is C14H10F3IO2. The van der Waals surface area contributed by atoms with Gasteiger partial charge in [0.15, 0.2) is 0 Å². The summed E-state index contributed by atoms with van der Waals surface area (Å²) >= 11 is 1.75. The van der Waals surface area contributed by atoms with E-state index in [1.807, 2.05) is 18.2 Å². The van der Waals surface area contributed by atoms with Crippen LogP contribution in [0.4, 0.5) is 13.2 Å². The molecule has 0 spiro atoms. The molecule has 0 saturated carbocycles. The van der Waals surface area contributed by atoms with Crippen molar-refractivity contribution in [2.45, 2.75) is 12.8 Å². The van der Waals surface area contributed by atoms with Gasteiger partial charge in [0, 0.05) is 0 Å². The van der Waals surface area contributed by atoms with E-state index in [0.717, 1.165) is 11.6 Å². The lowest BCUT2D eigenvalue weighted by Crippen LogP contribution is -2.06. The molecule has 6 heteroatoms. The van der Waals surface area contributed by atoms with Crippen LogP contribution in [0, 0.1) is 3.57 Å². The Labute approximate surface area is 127 Å². The second-order valence-electron chi connectivity index (χ2n) is 4.08. The predicted molar refractivity (Wildman–Crippen MR) is 76.6 cm³/mol. The fraction of sp³-hybridized carbons (Fsp3) is 0.143. The van der Waals surface area contributed by atoms with Crippen molar-refractivity contribution in [3.63, 3.8) is 0 Å². The van der Waals surface area contributed by atoms with Gasteiger partial charge in [-0.05, 0) is 40.3 Å². The summed E-state index contributed by atoms with van der Waals surface area (Å²) < 4.78 is 43.6. The van der Waals surface area contributed by atoms with Crippen molar-refractivity contribution in [1.82, 2.24) is 0 Å². The smallest absolute Gasteiger partial charge is 0.416 e. The van der Waals surface area contributed by atoms with Gasteiger partial charge in [0.05, 0.1) is 9.13 Å². The van der Waals surface area contributed by atoms with E-state index in [0.29, 0.717) is 6.07 Å². The van der Waals surface area contributed by atoms with E-state index in [1.54, 1.807) is 34.7 Å². The average Bonchev–Trinajstić information content (AvgIpc) is 2.40. The van der Waals surface area contributed by atoms with Crippen LogP contribution >= 0.6 is 22.6 Å². The number of hydrogen-bond donors (Lipinski definition) is 1. The van der Waals surface area contributed by atoms with E-state index in [-0.39, 0.29) is 15.9 Å². The maximum atomic E-state index is 12.7. The Balaban J connectivity index is 2.25. The lowest BCUT2D eigenvalue weighted by Gasteiger charge is -2.13. The van der Waals surface area contributed by atoms with Gasteiger partial charge in [-0.25, -0.2) is 0 Å². The first kappa shape index (κ1) is 15.0. The number of hydrogen-bond acceptors (Lipinski definition) is 2. The van der Waals surface area contributed by atoms with Gasteiger partial charge >= 0.3 is 6.18 Å². The molecule has 0 aliphatic heterocycles. The number of ether oxygens (including phenoxy) is 1. The first-order valence-corrected chi connectivity index (χ1v) is 6.72. The molecule has 0 fully saturated rings. The second kappa shape index (κ2) is 5.90. The van der Waals surface area contributed by atoms with E-state index < -0.39 is 17.5 Å². The number of phenolic OH excluding ortho intramolecular Hbond substituents is 1. The monoisotopic (exact) mass is 394 g/mol. The van der Waals surface area contributed by atoms with Crippen LogP contribution in [-0.2, 0) is 12.8 Å². The molecule has 0 saturated heterocycles. The van der Waals surface area contributed by atoms with Gasteiger partial charge in [0.2, 0.25) is 0 Å². The van der Waals surface area contributed by atoms with Gasteiger partial charge < -0.3 is 9.84 Å². The first-order valence-electron chi connectivity index (χ1n) is 5.64. The summed E-state index contributed by atoms with van der Waals surface area (Å²) in [6, 6.07) is 10.7. The lowest BCUT2D eigenvalue weighted by atomic mass is 10.2. The minimum Gasteiger partial charge on any atom is -0.507 e. The number of aromatic hydroxyl groups is 1. The third kappa shape index (κ3) is 3.56. The van der Waals surface area contributed by atoms with Gasteiger partial charge in [-0.2, -0.15) is 13.2 Å². The molecule has 20 heavy (non-hydrogen) atoms. The highest BCUT2D eigenvalue weighted by Crippen LogP contribution is 2.38. The Morgan fingerprint density at radius 3 is 2.35 bits per heavy atom. The molecule has 0 amide bonds. The molecule has 0 unspecified atom stereocenters. The summed E-state index contributed by atoms with van der Waals surface area (Å²) in [4.78, 5) is 0. The number of alkyl halides is 3. The maximum absolute atomic E-state index is 12.7. The van der Waals surface area contributed by atoms with Crippen LogP contribution in [0.5, 0.6) is 11.5 Å². The van der Waals surface area contributed by atoms with Crippen LogP contribution in [0.3, 0.4) is 0 Å². The van der Waals surface area contributed by atoms with Crippen LogP contribution in [0.15, 0.2) is 42.5 Å². The molecule has 1 N–H and O–H groups in total. The highest BCUT2D eigenvalue weighted by atomic mass is 127. The van der Waals surface area contributed by atoms with Gasteiger partial charge in [0.1, 0.15) is 18.1 Å². The average molecular weight is 394 g/mol. The van der Waals surface area contributed by atoms with Crippen molar-refractivity contribution in [3.8, 4) is 11.5 Å². The predicted octanol–water partition coefficient (Wildman–Crippen LogP) is 4.59. The van der Waals surface area contributed by atoms with Gasteiger partial charge in [-0.15, -0.1) is 0 Å². The number of rotatable bonds is 3. The van der Waals surface area contributed by atoms with E-state index in [2.05, 4.69) is 0 Å². The molecule has 2 nitrogen and oxygen atoms in total. The molecule has 0 aliphatic carbocycles. The summed E-state index contributed by atoms with van der Waals surface area (Å²) in [5, 5.41) is 9.55. The van der Waals surface area contributed by atoms with Crippen molar-refractivity contribution >= 4 is 22.6 Å². The standard InChI is InChI=1S/C14H10F3IO2/c15-14(16,17)10-6-11(19)13(18)12(7-10)20-8-9-4-2-1-3-5-9/h1-7,19H,8H2. The topological polar surface area (TPSA) is 29.5 Å². The zero-order chi connectivity index (χ0) is 14.8. The summed E-state index contributed by atoms with van der Waals surface area (Å²) in [6.45, 7) is 0.137. The summed E-state index contributed by atoms with van der Waals surface area (Å²) in [7, 11) is 0. The molecule has 0 atom stereocenters. The minimum absolute atomic E-state index is 0.0155. The molecule has 106 valence electrons. The normalized spacial score (nSPS) is 11.4. The Bertz CT molecular complexity index is 597. The maximum Gasteiger partial charge on any atom is 0.416 e. The van der Waals surface area contributed by atoms with Crippen LogP contribution < -0.4 is 4.74 Å². The highest BCUT2D eigenvalue weighted by Gasteiger charge is 2.32. The van der Waals surface area contributed by atoms with Crippen LogP contribution in [0.1, 0.15) is 11.1 Å². The van der Waals surface area contributed by atoms with E-state index in [9.17, 15) is 18.3 Å². The summed E-state index contributed by atoms with van der Waals surface area (Å²) in [5.74, 6) is -0.426. The van der Waals surface area contributed by atoms with Crippen LogP contribution in [0.2, 0.25) is 0 Å².